The number of rotatable bonds is 2. The van der Waals surface area contributed by atoms with Crippen LogP contribution in [0.25, 0.3) is 10.9 Å². The van der Waals surface area contributed by atoms with Gasteiger partial charge >= 0.3 is 0 Å². The largest absolute Gasteiger partial charge is 0.495 e. The van der Waals surface area contributed by atoms with Crippen molar-refractivity contribution in [3.63, 3.8) is 0 Å². The van der Waals surface area contributed by atoms with E-state index in [0.717, 1.165) is 22.9 Å². The second-order valence-electron chi connectivity index (χ2n) is 3.75. The monoisotopic (exact) mass is 218 g/mol. The van der Waals surface area contributed by atoms with Crippen LogP contribution in [0.2, 0.25) is 0 Å². The van der Waals surface area contributed by atoms with Gasteiger partial charge in [0, 0.05) is 23.7 Å². The highest BCUT2D eigenvalue weighted by Gasteiger charge is 2.15. The molecule has 0 aliphatic rings. The van der Waals surface area contributed by atoms with Crippen LogP contribution in [0, 0.1) is 6.92 Å². The number of aryl methyl sites for hydroxylation is 1. The van der Waals surface area contributed by atoms with Crippen molar-refractivity contribution in [3.8, 4) is 5.75 Å². The number of nitrogens with zero attached hydrogens (tertiary/aromatic N) is 1. The highest BCUT2D eigenvalue weighted by atomic mass is 16.5. The molecule has 1 aromatic heterocycles. The fraction of sp³-hybridized carbons (Fsp3) is 0.250. The first-order valence-electron chi connectivity index (χ1n) is 4.98. The summed E-state index contributed by atoms with van der Waals surface area (Å²) in [5.41, 5.74) is 8.99. The van der Waals surface area contributed by atoms with E-state index in [2.05, 4.69) is 0 Å². The number of carbonyl (C=O) groups excluding carboxylic acids is 1. The Labute approximate surface area is 93.6 Å². The van der Waals surface area contributed by atoms with E-state index in [9.17, 15) is 4.79 Å². The standard InChI is InChI=1S/C12H14N2O2/c1-7-8(6-15)11-9(14(7)2)4-5-10(16-3)12(11)13/h4-6H,13H2,1-3H3. The van der Waals surface area contributed by atoms with E-state index in [-0.39, 0.29) is 0 Å². The summed E-state index contributed by atoms with van der Waals surface area (Å²) in [4.78, 5) is 11.1. The molecule has 1 heterocycles. The lowest BCUT2D eigenvalue weighted by atomic mass is 10.1. The minimum atomic E-state index is 0.519. The first kappa shape index (κ1) is 10.5. The molecule has 0 atom stereocenters. The second-order valence-corrected chi connectivity index (χ2v) is 3.75. The Kier molecular flexibility index (Phi) is 2.34. The minimum Gasteiger partial charge on any atom is -0.495 e. The lowest BCUT2D eigenvalue weighted by Crippen LogP contribution is -1.94. The molecular weight excluding hydrogens is 204 g/mol. The molecule has 0 saturated carbocycles. The molecule has 84 valence electrons. The molecule has 0 amide bonds. The van der Waals surface area contributed by atoms with E-state index >= 15 is 0 Å². The van der Waals surface area contributed by atoms with E-state index in [1.165, 1.54) is 0 Å². The molecule has 0 aliphatic carbocycles. The number of aromatic nitrogens is 1. The topological polar surface area (TPSA) is 57.2 Å². The normalized spacial score (nSPS) is 10.7. The Morgan fingerprint density at radius 3 is 2.69 bits per heavy atom. The molecule has 0 radical (unpaired) electrons. The van der Waals surface area contributed by atoms with Crippen molar-refractivity contribution >= 4 is 22.9 Å². The number of hydrogen-bond donors (Lipinski definition) is 1. The van der Waals surface area contributed by atoms with Gasteiger partial charge in [-0.2, -0.15) is 0 Å². The number of nitrogen functional groups attached to an aromatic ring is 1. The van der Waals surface area contributed by atoms with E-state index in [1.54, 1.807) is 7.11 Å². The van der Waals surface area contributed by atoms with Gasteiger partial charge in [-0.15, -0.1) is 0 Å². The van der Waals surface area contributed by atoms with E-state index < -0.39 is 0 Å². The molecule has 0 spiro atoms. The van der Waals surface area contributed by atoms with Crippen molar-refractivity contribution < 1.29 is 9.53 Å². The van der Waals surface area contributed by atoms with Gasteiger partial charge in [0.15, 0.2) is 6.29 Å². The SMILES string of the molecule is COc1ccc2c(c1N)c(C=O)c(C)n2C. The molecule has 2 aromatic rings. The maximum Gasteiger partial charge on any atom is 0.152 e. The Morgan fingerprint density at radius 1 is 1.44 bits per heavy atom. The van der Waals surface area contributed by atoms with Crippen molar-refractivity contribution in [2.24, 2.45) is 7.05 Å². The molecular formula is C12H14N2O2. The zero-order chi connectivity index (χ0) is 11.9. The molecule has 16 heavy (non-hydrogen) atoms. The average Bonchev–Trinajstić information content (AvgIpc) is 2.54. The minimum absolute atomic E-state index is 0.519. The van der Waals surface area contributed by atoms with E-state index in [1.807, 2.05) is 30.7 Å². The Morgan fingerprint density at radius 2 is 2.12 bits per heavy atom. The number of methoxy groups -OCH3 is 1. The van der Waals surface area contributed by atoms with Crippen molar-refractivity contribution in [2.75, 3.05) is 12.8 Å². The first-order chi connectivity index (χ1) is 7.61. The molecule has 1 aromatic carbocycles. The van der Waals surface area contributed by atoms with Crippen LogP contribution in [0.1, 0.15) is 16.1 Å². The summed E-state index contributed by atoms with van der Waals surface area (Å²) in [6, 6.07) is 3.72. The fourth-order valence-electron chi connectivity index (χ4n) is 2.02. The first-order valence-corrected chi connectivity index (χ1v) is 4.98. The highest BCUT2D eigenvalue weighted by Crippen LogP contribution is 2.34. The van der Waals surface area contributed by atoms with Crippen molar-refractivity contribution in [2.45, 2.75) is 6.92 Å². The van der Waals surface area contributed by atoms with Gasteiger partial charge in [-0.1, -0.05) is 0 Å². The van der Waals surface area contributed by atoms with Crippen molar-refractivity contribution in [1.29, 1.82) is 0 Å². The summed E-state index contributed by atoms with van der Waals surface area (Å²) in [5, 5.41) is 0.773. The summed E-state index contributed by atoms with van der Waals surface area (Å²) >= 11 is 0. The third-order valence-corrected chi connectivity index (χ3v) is 3.04. The van der Waals surface area contributed by atoms with Crippen LogP contribution in [0.4, 0.5) is 5.69 Å². The molecule has 0 fully saturated rings. The molecule has 4 heteroatoms. The summed E-state index contributed by atoms with van der Waals surface area (Å²) in [6.07, 6.45) is 0.841. The van der Waals surface area contributed by atoms with Crippen molar-refractivity contribution in [1.82, 2.24) is 4.57 Å². The van der Waals surface area contributed by atoms with Gasteiger partial charge < -0.3 is 15.0 Å². The second kappa shape index (κ2) is 3.56. The fourth-order valence-corrected chi connectivity index (χ4v) is 2.02. The Balaban J connectivity index is 2.97. The third kappa shape index (κ3) is 1.19. The maximum atomic E-state index is 11.1. The summed E-state index contributed by atoms with van der Waals surface area (Å²) < 4.78 is 7.10. The predicted octanol–water partition coefficient (Wildman–Crippen LogP) is 1.89. The number of ether oxygens (including phenoxy) is 1. The van der Waals surface area contributed by atoms with Gasteiger partial charge in [-0.3, -0.25) is 4.79 Å². The van der Waals surface area contributed by atoms with E-state index in [4.69, 9.17) is 10.5 Å². The van der Waals surface area contributed by atoms with Crippen LogP contribution in [-0.2, 0) is 7.05 Å². The van der Waals surface area contributed by atoms with Gasteiger partial charge in [0.2, 0.25) is 0 Å². The van der Waals surface area contributed by atoms with Gasteiger partial charge in [0.25, 0.3) is 0 Å². The maximum absolute atomic E-state index is 11.1. The van der Waals surface area contributed by atoms with Crippen LogP contribution in [0.3, 0.4) is 0 Å². The number of fused-ring (bicyclic) bond motifs is 1. The van der Waals surface area contributed by atoms with Gasteiger partial charge in [0.05, 0.1) is 18.3 Å². The number of carbonyl (C=O) groups is 1. The zero-order valence-corrected chi connectivity index (χ0v) is 9.57. The number of anilines is 1. The van der Waals surface area contributed by atoms with Crippen LogP contribution in [0.15, 0.2) is 12.1 Å². The Hall–Kier alpha value is -1.97. The quantitative estimate of drug-likeness (QED) is 0.618. The van der Waals surface area contributed by atoms with Crippen LogP contribution < -0.4 is 10.5 Å². The zero-order valence-electron chi connectivity index (χ0n) is 9.57. The lowest BCUT2D eigenvalue weighted by Gasteiger charge is -2.06. The molecule has 0 unspecified atom stereocenters. The lowest BCUT2D eigenvalue weighted by molar-refractivity contribution is 0.112. The average molecular weight is 218 g/mol. The number of nitrogens with two attached hydrogens (primary N) is 1. The smallest absolute Gasteiger partial charge is 0.152 e. The van der Waals surface area contributed by atoms with Gasteiger partial charge in [-0.25, -0.2) is 0 Å². The molecule has 2 rings (SSSR count). The number of aldehydes is 1. The summed E-state index contributed by atoms with van der Waals surface area (Å²) in [7, 11) is 3.48. The van der Waals surface area contributed by atoms with E-state index in [0.29, 0.717) is 17.0 Å². The Bertz CT molecular complexity index is 570. The van der Waals surface area contributed by atoms with Gasteiger partial charge in [0.1, 0.15) is 5.75 Å². The van der Waals surface area contributed by atoms with Crippen LogP contribution in [-0.4, -0.2) is 18.0 Å². The summed E-state index contributed by atoms with van der Waals surface area (Å²) in [5.74, 6) is 0.598. The predicted molar refractivity (Wildman–Crippen MR) is 64.0 cm³/mol. The molecule has 0 saturated heterocycles. The third-order valence-electron chi connectivity index (χ3n) is 3.04. The van der Waals surface area contributed by atoms with Crippen LogP contribution >= 0.6 is 0 Å². The highest BCUT2D eigenvalue weighted by molar-refractivity contribution is 6.07. The summed E-state index contributed by atoms with van der Waals surface area (Å²) in [6.45, 7) is 1.90. The van der Waals surface area contributed by atoms with Crippen LogP contribution in [0.5, 0.6) is 5.75 Å². The molecule has 2 N–H and O–H groups in total. The van der Waals surface area contributed by atoms with Gasteiger partial charge in [-0.05, 0) is 19.1 Å². The van der Waals surface area contributed by atoms with Crippen molar-refractivity contribution in [3.05, 3.63) is 23.4 Å². The molecule has 0 aliphatic heterocycles. The number of hydrogen-bond acceptors (Lipinski definition) is 3. The molecule has 0 bridgehead atoms. The number of benzene rings is 1. The molecule has 4 nitrogen and oxygen atoms in total.